The van der Waals surface area contributed by atoms with Crippen LogP contribution in [0.4, 0.5) is 11.4 Å². The molecule has 1 heterocycles. The Labute approximate surface area is 105 Å². The first-order valence-corrected chi connectivity index (χ1v) is 5.70. The van der Waals surface area contributed by atoms with Gasteiger partial charge in [0.05, 0.1) is 16.9 Å². The Hall–Kier alpha value is -2.24. The number of benzene rings is 1. The minimum Gasteiger partial charge on any atom is -0.396 e. The van der Waals surface area contributed by atoms with E-state index in [1.165, 1.54) is 0 Å². The van der Waals surface area contributed by atoms with Gasteiger partial charge in [-0.25, -0.2) is 0 Å². The van der Waals surface area contributed by atoms with E-state index in [-0.39, 0.29) is 23.2 Å². The molecule has 0 spiro atoms. The zero-order valence-corrected chi connectivity index (χ0v) is 10.1. The topological polar surface area (TPSA) is 101 Å². The lowest BCUT2D eigenvalue weighted by Crippen LogP contribution is -2.31. The van der Waals surface area contributed by atoms with Crippen LogP contribution in [0.15, 0.2) is 18.2 Å². The summed E-state index contributed by atoms with van der Waals surface area (Å²) in [5.74, 6) is -0.551. The summed E-state index contributed by atoms with van der Waals surface area (Å²) in [4.78, 5) is 24.6. The number of likely N-dealkylation sites (tertiary alicyclic amines) is 1. The highest BCUT2D eigenvalue weighted by Crippen LogP contribution is 2.25. The van der Waals surface area contributed by atoms with Crippen molar-refractivity contribution in [1.82, 2.24) is 4.90 Å². The van der Waals surface area contributed by atoms with E-state index >= 15 is 0 Å². The van der Waals surface area contributed by atoms with Crippen molar-refractivity contribution in [2.75, 3.05) is 24.6 Å². The molecule has 2 amide bonds. The number of nitrogens with zero attached hydrogens (tertiary/aromatic N) is 1. The van der Waals surface area contributed by atoms with E-state index in [1.807, 2.05) is 0 Å². The molecule has 0 aromatic heterocycles. The molecule has 0 saturated carbocycles. The number of nitrogen functional groups attached to an aromatic ring is 1. The molecule has 6 heteroatoms. The highest BCUT2D eigenvalue weighted by atomic mass is 16.2. The predicted octanol–water partition coefficient (Wildman–Crippen LogP) is 0.0103. The van der Waals surface area contributed by atoms with Crippen molar-refractivity contribution in [2.24, 2.45) is 5.73 Å². The molecule has 0 bridgehead atoms. The fraction of sp³-hybridized carbons (Fsp3) is 0.333. The minimum atomic E-state index is -0.578. The largest absolute Gasteiger partial charge is 0.396 e. The summed E-state index contributed by atoms with van der Waals surface area (Å²) in [6.07, 6.45) is 0.718. The summed E-state index contributed by atoms with van der Waals surface area (Å²) in [6.45, 7) is 0.714. The van der Waals surface area contributed by atoms with Gasteiger partial charge in [-0.15, -0.1) is 0 Å². The van der Waals surface area contributed by atoms with Gasteiger partial charge in [0, 0.05) is 13.6 Å². The van der Waals surface area contributed by atoms with Crippen LogP contribution in [-0.2, 0) is 4.79 Å². The summed E-state index contributed by atoms with van der Waals surface area (Å²) < 4.78 is 0. The molecule has 1 aromatic carbocycles. The number of para-hydroxylation sites is 1. The van der Waals surface area contributed by atoms with Gasteiger partial charge in [-0.05, 0) is 18.6 Å². The third kappa shape index (κ3) is 2.09. The van der Waals surface area contributed by atoms with Crippen LogP contribution in [0, 0.1) is 0 Å². The molecule has 1 atom stereocenters. The van der Waals surface area contributed by atoms with E-state index in [9.17, 15) is 9.59 Å². The molecule has 1 aliphatic rings. The number of amides is 2. The number of carbonyl (C=O) groups is 2. The van der Waals surface area contributed by atoms with Crippen LogP contribution in [0.1, 0.15) is 16.8 Å². The quantitative estimate of drug-likeness (QED) is 0.656. The summed E-state index contributed by atoms with van der Waals surface area (Å²) in [6, 6.07) is 4.68. The van der Waals surface area contributed by atoms with E-state index < -0.39 is 5.91 Å². The minimum absolute atomic E-state index is 0.0267. The highest BCUT2D eigenvalue weighted by Gasteiger charge is 2.29. The molecule has 0 radical (unpaired) electrons. The number of primary amides is 1. The van der Waals surface area contributed by atoms with E-state index in [0.29, 0.717) is 12.2 Å². The van der Waals surface area contributed by atoms with E-state index in [2.05, 4.69) is 5.32 Å². The Kier molecular flexibility index (Phi) is 3.10. The highest BCUT2D eigenvalue weighted by molar-refractivity contribution is 6.01. The number of anilines is 2. The molecule has 18 heavy (non-hydrogen) atoms. The number of nitrogens with two attached hydrogens (primary N) is 2. The Morgan fingerprint density at radius 1 is 1.50 bits per heavy atom. The second-order valence-electron chi connectivity index (χ2n) is 4.38. The van der Waals surface area contributed by atoms with Crippen molar-refractivity contribution >= 4 is 23.2 Å². The second-order valence-corrected chi connectivity index (χ2v) is 4.38. The molecule has 6 nitrogen and oxygen atoms in total. The van der Waals surface area contributed by atoms with Gasteiger partial charge in [-0.3, -0.25) is 9.59 Å². The predicted molar refractivity (Wildman–Crippen MR) is 69.0 cm³/mol. The van der Waals surface area contributed by atoms with Crippen LogP contribution in [0.25, 0.3) is 0 Å². The first-order valence-electron chi connectivity index (χ1n) is 5.70. The molecular weight excluding hydrogens is 232 g/mol. The molecule has 5 N–H and O–H groups in total. The number of hydrogen-bond acceptors (Lipinski definition) is 4. The molecule has 1 aromatic rings. The van der Waals surface area contributed by atoms with Crippen molar-refractivity contribution in [2.45, 2.75) is 12.5 Å². The lowest BCUT2D eigenvalue weighted by molar-refractivity contribution is -0.127. The smallest absolute Gasteiger partial charge is 0.250 e. The maximum Gasteiger partial charge on any atom is 0.250 e. The van der Waals surface area contributed by atoms with Crippen molar-refractivity contribution in [3.63, 3.8) is 0 Å². The number of carbonyl (C=O) groups excluding carboxylic acids is 2. The summed E-state index contributed by atoms with van der Waals surface area (Å²) >= 11 is 0. The van der Waals surface area contributed by atoms with E-state index in [1.54, 1.807) is 30.1 Å². The lowest BCUT2D eigenvalue weighted by atomic mass is 10.1. The normalized spacial score (nSPS) is 19.1. The van der Waals surface area contributed by atoms with Gasteiger partial charge < -0.3 is 21.7 Å². The number of nitrogens with one attached hydrogen (secondary N) is 1. The van der Waals surface area contributed by atoms with Gasteiger partial charge >= 0.3 is 0 Å². The first kappa shape index (κ1) is 12.2. The summed E-state index contributed by atoms with van der Waals surface area (Å²) in [5.41, 5.74) is 12.2. The molecule has 1 fully saturated rings. The summed E-state index contributed by atoms with van der Waals surface area (Å²) in [5, 5.41) is 3.06. The van der Waals surface area contributed by atoms with Gasteiger partial charge in [0.2, 0.25) is 5.91 Å². The third-order valence-corrected chi connectivity index (χ3v) is 3.13. The second kappa shape index (κ2) is 4.56. The SMILES string of the molecule is CN1CCC(Nc2cccc(C(N)=O)c2N)C1=O. The Bertz CT molecular complexity index is 501. The monoisotopic (exact) mass is 248 g/mol. The standard InChI is InChI=1S/C12H16N4O2/c1-16-6-5-9(12(16)18)15-8-4-2-3-7(10(8)13)11(14)17/h2-4,9,15H,5-6,13H2,1H3,(H2,14,17). The number of rotatable bonds is 3. The fourth-order valence-corrected chi connectivity index (χ4v) is 2.05. The maximum absolute atomic E-state index is 11.8. The Morgan fingerprint density at radius 2 is 2.22 bits per heavy atom. The average molecular weight is 248 g/mol. The van der Waals surface area contributed by atoms with E-state index in [4.69, 9.17) is 11.5 Å². The number of hydrogen-bond donors (Lipinski definition) is 3. The average Bonchev–Trinajstić information content (AvgIpc) is 2.63. The number of likely N-dealkylation sites (N-methyl/N-ethyl adjacent to an activating group) is 1. The molecule has 1 unspecified atom stereocenters. The van der Waals surface area contributed by atoms with Gasteiger partial charge in [0.1, 0.15) is 6.04 Å². The maximum atomic E-state index is 11.8. The fourth-order valence-electron chi connectivity index (χ4n) is 2.05. The molecule has 0 aliphatic carbocycles. The Morgan fingerprint density at radius 3 is 2.78 bits per heavy atom. The van der Waals surface area contributed by atoms with Gasteiger partial charge in [-0.1, -0.05) is 6.07 Å². The van der Waals surface area contributed by atoms with Crippen LogP contribution >= 0.6 is 0 Å². The van der Waals surface area contributed by atoms with Crippen LogP contribution in [0.5, 0.6) is 0 Å². The third-order valence-electron chi connectivity index (χ3n) is 3.13. The Balaban J connectivity index is 2.22. The van der Waals surface area contributed by atoms with Gasteiger partial charge in [-0.2, -0.15) is 0 Å². The van der Waals surface area contributed by atoms with Crippen molar-refractivity contribution in [3.05, 3.63) is 23.8 Å². The molecular formula is C12H16N4O2. The van der Waals surface area contributed by atoms with Crippen LogP contribution in [0.2, 0.25) is 0 Å². The van der Waals surface area contributed by atoms with Gasteiger partial charge in [0.25, 0.3) is 5.91 Å². The van der Waals surface area contributed by atoms with Crippen LogP contribution in [0.3, 0.4) is 0 Å². The molecule has 96 valence electrons. The zero-order chi connectivity index (χ0) is 13.3. The van der Waals surface area contributed by atoms with Gasteiger partial charge in [0.15, 0.2) is 0 Å². The van der Waals surface area contributed by atoms with Crippen molar-refractivity contribution in [3.8, 4) is 0 Å². The van der Waals surface area contributed by atoms with E-state index in [0.717, 1.165) is 6.42 Å². The zero-order valence-electron chi connectivity index (χ0n) is 10.1. The van der Waals surface area contributed by atoms with Crippen LogP contribution < -0.4 is 16.8 Å². The molecule has 2 rings (SSSR count). The molecule has 1 aliphatic heterocycles. The lowest BCUT2D eigenvalue weighted by Gasteiger charge is -2.16. The summed E-state index contributed by atoms with van der Waals surface area (Å²) in [7, 11) is 1.76. The first-order chi connectivity index (χ1) is 8.50. The van der Waals surface area contributed by atoms with Crippen molar-refractivity contribution in [1.29, 1.82) is 0 Å². The molecule has 1 saturated heterocycles. The van der Waals surface area contributed by atoms with Crippen molar-refractivity contribution < 1.29 is 9.59 Å². The van der Waals surface area contributed by atoms with Crippen LogP contribution in [-0.4, -0.2) is 36.3 Å².